The van der Waals surface area contributed by atoms with Gasteiger partial charge in [-0.2, -0.15) is 5.10 Å². The third-order valence-electron chi connectivity index (χ3n) is 3.91. The Balaban J connectivity index is 1.92. The fraction of sp³-hybridized carbons (Fsp3) is 0.474. The highest BCUT2D eigenvalue weighted by Gasteiger charge is 2.24. The SMILES string of the molecule is CCNC(=NCC(C)(O)c1cnn(C)c1)NCC(C)Oc1cccc(F)c1. The molecule has 2 atom stereocenters. The summed E-state index contributed by atoms with van der Waals surface area (Å²) in [4.78, 5) is 4.46. The molecule has 0 radical (unpaired) electrons. The number of nitrogens with one attached hydrogen (secondary N) is 2. The molecule has 2 aromatic rings. The third kappa shape index (κ3) is 6.56. The number of benzene rings is 1. The Morgan fingerprint density at radius 3 is 2.85 bits per heavy atom. The van der Waals surface area contributed by atoms with Crippen LogP contribution < -0.4 is 15.4 Å². The van der Waals surface area contributed by atoms with Crippen molar-refractivity contribution in [1.29, 1.82) is 0 Å². The Morgan fingerprint density at radius 1 is 1.44 bits per heavy atom. The summed E-state index contributed by atoms with van der Waals surface area (Å²) in [5.41, 5.74) is -0.423. The molecule has 0 aliphatic heterocycles. The van der Waals surface area contributed by atoms with Crippen molar-refractivity contribution < 1.29 is 14.2 Å². The van der Waals surface area contributed by atoms with Gasteiger partial charge in [-0.3, -0.25) is 4.68 Å². The van der Waals surface area contributed by atoms with Crippen molar-refractivity contribution in [2.75, 3.05) is 19.6 Å². The fourth-order valence-corrected chi connectivity index (χ4v) is 2.42. The Hall–Kier alpha value is -2.61. The van der Waals surface area contributed by atoms with Gasteiger partial charge >= 0.3 is 0 Å². The number of aliphatic imine (C=N–C) groups is 1. The Labute approximate surface area is 159 Å². The summed E-state index contributed by atoms with van der Waals surface area (Å²) in [5.74, 6) is 0.710. The second-order valence-electron chi connectivity index (χ2n) is 6.64. The maximum atomic E-state index is 13.2. The van der Waals surface area contributed by atoms with Crippen molar-refractivity contribution in [2.45, 2.75) is 32.5 Å². The van der Waals surface area contributed by atoms with Crippen molar-refractivity contribution in [2.24, 2.45) is 12.0 Å². The summed E-state index contributed by atoms with van der Waals surface area (Å²) in [6, 6.07) is 6.04. The third-order valence-corrected chi connectivity index (χ3v) is 3.91. The number of rotatable bonds is 8. The number of hydrogen-bond acceptors (Lipinski definition) is 4. The van der Waals surface area contributed by atoms with E-state index >= 15 is 0 Å². The van der Waals surface area contributed by atoms with E-state index in [9.17, 15) is 9.50 Å². The summed E-state index contributed by atoms with van der Waals surface area (Å²) in [6.45, 7) is 6.87. The maximum Gasteiger partial charge on any atom is 0.191 e. The first-order valence-electron chi connectivity index (χ1n) is 8.96. The van der Waals surface area contributed by atoms with E-state index in [1.54, 1.807) is 43.2 Å². The molecule has 0 bridgehead atoms. The van der Waals surface area contributed by atoms with Crippen LogP contribution in [0.5, 0.6) is 5.75 Å². The van der Waals surface area contributed by atoms with E-state index in [2.05, 4.69) is 20.7 Å². The van der Waals surface area contributed by atoms with Crippen LogP contribution in [-0.4, -0.2) is 46.6 Å². The van der Waals surface area contributed by atoms with E-state index in [1.807, 2.05) is 13.8 Å². The highest BCUT2D eigenvalue weighted by Crippen LogP contribution is 2.19. The number of nitrogens with zero attached hydrogens (tertiary/aromatic N) is 3. The number of halogens is 1. The number of aliphatic hydroxyl groups is 1. The lowest BCUT2D eigenvalue weighted by Crippen LogP contribution is -2.42. The predicted molar refractivity (Wildman–Crippen MR) is 103 cm³/mol. The molecule has 0 aliphatic rings. The first-order chi connectivity index (χ1) is 12.8. The number of ether oxygens (including phenoxy) is 1. The van der Waals surface area contributed by atoms with E-state index in [1.165, 1.54) is 12.1 Å². The standard InChI is InChI=1S/C19H28FN5O2/c1-5-21-18(23-13-19(3,26)15-11-24-25(4)12-15)22-10-14(2)27-17-8-6-7-16(20)9-17/h6-9,11-12,14,26H,5,10,13H2,1-4H3,(H2,21,22,23). The Morgan fingerprint density at radius 2 is 2.22 bits per heavy atom. The highest BCUT2D eigenvalue weighted by atomic mass is 19.1. The molecule has 0 amide bonds. The Bertz CT molecular complexity index is 760. The van der Waals surface area contributed by atoms with Gasteiger partial charge in [-0.25, -0.2) is 9.38 Å². The largest absolute Gasteiger partial charge is 0.489 e. The van der Waals surface area contributed by atoms with Crippen molar-refractivity contribution in [3.05, 3.63) is 48.0 Å². The van der Waals surface area contributed by atoms with E-state index < -0.39 is 5.60 Å². The van der Waals surface area contributed by atoms with Gasteiger partial charge in [0, 0.05) is 31.4 Å². The van der Waals surface area contributed by atoms with Gasteiger partial charge in [0.15, 0.2) is 5.96 Å². The molecule has 2 unspecified atom stereocenters. The minimum absolute atomic E-state index is 0.174. The molecule has 1 aromatic carbocycles. The van der Waals surface area contributed by atoms with Crippen molar-refractivity contribution in [1.82, 2.24) is 20.4 Å². The molecule has 2 rings (SSSR count). The first-order valence-corrected chi connectivity index (χ1v) is 8.96. The quantitative estimate of drug-likeness (QED) is 0.483. The van der Waals surface area contributed by atoms with Gasteiger partial charge in [0.2, 0.25) is 0 Å². The van der Waals surface area contributed by atoms with Crippen LogP contribution in [0.25, 0.3) is 0 Å². The normalized spacial score (nSPS) is 15.1. The van der Waals surface area contributed by atoms with Gasteiger partial charge in [0.1, 0.15) is 23.3 Å². The zero-order chi connectivity index (χ0) is 19.9. The summed E-state index contributed by atoms with van der Waals surface area (Å²) in [6.07, 6.45) is 3.20. The first kappa shape index (κ1) is 20.7. The van der Waals surface area contributed by atoms with Gasteiger partial charge in [0.05, 0.1) is 19.3 Å². The highest BCUT2D eigenvalue weighted by molar-refractivity contribution is 5.79. The molecule has 148 valence electrons. The molecule has 0 spiro atoms. The lowest BCUT2D eigenvalue weighted by atomic mass is 10.0. The van der Waals surface area contributed by atoms with Gasteiger partial charge in [0.25, 0.3) is 0 Å². The Kier molecular flexibility index (Phi) is 7.18. The maximum absolute atomic E-state index is 13.2. The van der Waals surface area contributed by atoms with Crippen LogP contribution in [0, 0.1) is 5.82 Å². The summed E-state index contributed by atoms with van der Waals surface area (Å²) >= 11 is 0. The van der Waals surface area contributed by atoms with Crippen LogP contribution >= 0.6 is 0 Å². The lowest BCUT2D eigenvalue weighted by Gasteiger charge is -2.21. The number of aryl methyl sites for hydroxylation is 1. The molecular formula is C19H28FN5O2. The molecule has 0 saturated heterocycles. The molecular weight excluding hydrogens is 349 g/mol. The summed E-state index contributed by atoms with van der Waals surface area (Å²) in [5, 5.41) is 21.0. The minimum atomic E-state index is -1.12. The van der Waals surface area contributed by atoms with Crippen LogP contribution in [-0.2, 0) is 12.6 Å². The molecule has 0 aliphatic carbocycles. The second-order valence-corrected chi connectivity index (χ2v) is 6.64. The molecule has 3 N–H and O–H groups in total. The molecule has 1 aromatic heterocycles. The number of hydrogen-bond donors (Lipinski definition) is 3. The molecule has 0 fully saturated rings. The van der Waals surface area contributed by atoms with E-state index in [-0.39, 0.29) is 18.5 Å². The zero-order valence-corrected chi connectivity index (χ0v) is 16.2. The van der Waals surface area contributed by atoms with Gasteiger partial charge in [-0.1, -0.05) is 6.07 Å². The van der Waals surface area contributed by atoms with Crippen LogP contribution in [0.4, 0.5) is 4.39 Å². The van der Waals surface area contributed by atoms with E-state index in [4.69, 9.17) is 4.74 Å². The van der Waals surface area contributed by atoms with E-state index in [0.717, 1.165) is 0 Å². The molecule has 1 heterocycles. The summed E-state index contributed by atoms with van der Waals surface area (Å²) in [7, 11) is 1.80. The van der Waals surface area contributed by atoms with Crippen LogP contribution in [0.3, 0.4) is 0 Å². The molecule has 8 heteroatoms. The molecule has 0 saturated carbocycles. The zero-order valence-electron chi connectivity index (χ0n) is 16.2. The van der Waals surface area contributed by atoms with Crippen molar-refractivity contribution in [3.63, 3.8) is 0 Å². The summed E-state index contributed by atoms with van der Waals surface area (Å²) < 4.78 is 20.6. The average Bonchev–Trinajstić information content (AvgIpc) is 3.05. The van der Waals surface area contributed by atoms with E-state index in [0.29, 0.717) is 30.4 Å². The van der Waals surface area contributed by atoms with Gasteiger partial charge in [-0.05, 0) is 32.9 Å². The lowest BCUT2D eigenvalue weighted by molar-refractivity contribution is 0.0671. The predicted octanol–water partition coefficient (Wildman–Crippen LogP) is 1.79. The van der Waals surface area contributed by atoms with Crippen LogP contribution in [0.15, 0.2) is 41.7 Å². The number of aromatic nitrogens is 2. The fourth-order valence-electron chi connectivity index (χ4n) is 2.42. The monoisotopic (exact) mass is 377 g/mol. The van der Waals surface area contributed by atoms with Crippen LogP contribution in [0.2, 0.25) is 0 Å². The minimum Gasteiger partial charge on any atom is -0.489 e. The number of guanidine groups is 1. The second kappa shape index (κ2) is 9.36. The van der Waals surface area contributed by atoms with Crippen molar-refractivity contribution in [3.8, 4) is 5.75 Å². The van der Waals surface area contributed by atoms with Gasteiger partial charge in [-0.15, -0.1) is 0 Å². The van der Waals surface area contributed by atoms with Crippen molar-refractivity contribution >= 4 is 5.96 Å². The molecule has 27 heavy (non-hydrogen) atoms. The average molecular weight is 377 g/mol. The topological polar surface area (TPSA) is 83.7 Å². The van der Waals surface area contributed by atoms with Gasteiger partial charge < -0.3 is 20.5 Å². The molecule has 7 nitrogen and oxygen atoms in total. The van der Waals surface area contributed by atoms with Crippen LogP contribution in [0.1, 0.15) is 26.3 Å². The smallest absolute Gasteiger partial charge is 0.191 e.